The molecule has 0 saturated carbocycles. The highest BCUT2D eigenvalue weighted by Crippen LogP contribution is 2.26. The molecule has 7 heteroatoms. The molecule has 0 amide bonds. The second kappa shape index (κ2) is 4.52. The van der Waals surface area contributed by atoms with Crippen LogP contribution in [-0.4, -0.2) is 22.4 Å². The van der Waals surface area contributed by atoms with E-state index in [1.54, 1.807) is 6.07 Å². The fourth-order valence-corrected chi connectivity index (χ4v) is 1.57. The third-order valence-corrected chi connectivity index (χ3v) is 2.49. The summed E-state index contributed by atoms with van der Waals surface area (Å²) in [5, 5.41) is 7.47. The number of nitrogens with zero attached hydrogens (tertiary/aromatic N) is 3. The van der Waals surface area contributed by atoms with E-state index >= 15 is 0 Å². The van der Waals surface area contributed by atoms with E-state index in [1.807, 2.05) is 0 Å². The molecule has 0 radical (unpaired) electrons. The van der Waals surface area contributed by atoms with Crippen molar-refractivity contribution in [2.24, 2.45) is 0 Å². The van der Waals surface area contributed by atoms with E-state index in [0.717, 1.165) is 0 Å². The number of aromatic nitrogens is 3. The number of methoxy groups -OCH3 is 1. The molecule has 19 heavy (non-hydrogen) atoms. The number of rotatable bonds is 3. The monoisotopic (exact) mass is 261 g/mol. The van der Waals surface area contributed by atoms with Gasteiger partial charge in [-0.3, -0.25) is 0 Å². The van der Waals surface area contributed by atoms with Crippen LogP contribution in [0.4, 0.5) is 4.39 Å². The van der Waals surface area contributed by atoms with Crippen molar-refractivity contribution < 1.29 is 18.2 Å². The maximum absolute atomic E-state index is 13.3. The zero-order valence-corrected chi connectivity index (χ0v) is 9.83. The fourth-order valence-electron chi connectivity index (χ4n) is 1.57. The highest BCUT2D eigenvalue weighted by molar-refractivity contribution is 5.59. The first-order valence-corrected chi connectivity index (χ1v) is 5.36. The van der Waals surface area contributed by atoms with Gasteiger partial charge in [0.2, 0.25) is 5.82 Å². The van der Waals surface area contributed by atoms with Crippen LogP contribution in [0.5, 0.6) is 5.75 Å². The molecule has 0 unspecified atom stereocenters. The van der Waals surface area contributed by atoms with E-state index in [1.165, 1.54) is 31.6 Å². The molecule has 3 rings (SSSR count). The highest BCUT2D eigenvalue weighted by Gasteiger charge is 2.14. The minimum absolute atomic E-state index is 0.110. The molecule has 0 aliphatic carbocycles. The maximum Gasteiger partial charge on any atom is 0.258 e. The van der Waals surface area contributed by atoms with Gasteiger partial charge in [-0.1, -0.05) is 10.3 Å². The Morgan fingerprint density at radius 1 is 1.21 bits per heavy atom. The summed E-state index contributed by atoms with van der Waals surface area (Å²) in [6.07, 6.45) is 1.41. The highest BCUT2D eigenvalue weighted by atomic mass is 19.1. The summed E-state index contributed by atoms with van der Waals surface area (Å²) in [4.78, 5) is 4.15. The van der Waals surface area contributed by atoms with Crippen LogP contribution in [0.15, 0.2) is 39.6 Å². The molecule has 0 aliphatic rings. The van der Waals surface area contributed by atoms with Gasteiger partial charge in [0.15, 0.2) is 17.3 Å². The Kier molecular flexibility index (Phi) is 2.71. The van der Waals surface area contributed by atoms with Crippen molar-refractivity contribution >= 4 is 0 Å². The normalized spacial score (nSPS) is 10.6. The molecule has 0 atom stereocenters. The lowest BCUT2D eigenvalue weighted by Gasteiger charge is -2.02. The SMILES string of the molecule is COc1cc(-c2nc(-c3ccon3)no2)ccc1F. The van der Waals surface area contributed by atoms with Gasteiger partial charge in [-0.2, -0.15) is 4.98 Å². The summed E-state index contributed by atoms with van der Waals surface area (Å²) in [6, 6.07) is 5.89. The van der Waals surface area contributed by atoms with Gasteiger partial charge in [-0.25, -0.2) is 4.39 Å². The molecule has 3 aromatic rings. The number of ether oxygens (including phenoxy) is 1. The Labute approximate surface area is 106 Å². The molecule has 0 saturated heterocycles. The minimum Gasteiger partial charge on any atom is -0.494 e. The zero-order valence-electron chi connectivity index (χ0n) is 9.83. The molecule has 6 nitrogen and oxygen atoms in total. The summed E-state index contributed by atoms with van der Waals surface area (Å²) in [7, 11) is 1.39. The Bertz CT molecular complexity index is 694. The molecule has 0 bridgehead atoms. The molecule has 0 aliphatic heterocycles. The van der Waals surface area contributed by atoms with Crippen LogP contribution < -0.4 is 4.74 Å². The lowest BCUT2D eigenvalue weighted by Crippen LogP contribution is -1.89. The average Bonchev–Trinajstić information content (AvgIpc) is 3.10. The van der Waals surface area contributed by atoms with E-state index in [9.17, 15) is 4.39 Å². The van der Waals surface area contributed by atoms with Crippen LogP contribution >= 0.6 is 0 Å². The smallest absolute Gasteiger partial charge is 0.258 e. The quantitative estimate of drug-likeness (QED) is 0.721. The third-order valence-electron chi connectivity index (χ3n) is 2.49. The zero-order chi connectivity index (χ0) is 13.2. The van der Waals surface area contributed by atoms with Gasteiger partial charge in [0.1, 0.15) is 6.26 Å². The van der Waals surface area contributed by atoms with Crippen molar-refractivity contribution in [1.29, 1.82) is 0 Å². The molecule has 0 N–H and O–H groups in total. The van der Waals surface area contributed by atoms with Crippen molar-refractivity contribution in [2.45, 2.75) is 0 Å². The predicted octanol–water partition coefficient (Wildman–Crippen LogP) is 2.54. The van der Waals surface area contributed by atoms with Gasteiger partial charge in [0.25, 0.3) is 5.89 Å². The van der Waals surface area contributed by atoms with Crippen LogP contribution in [0.25, 0.3) is 23.0 Å². The van der Waals surface area contributed by atoms with Crippen molar-refractivity contribution in [3.8, 4) is 28.7 Å². The third kappa shape index (κ3) is 2.05. The summed E-state index contributed by atoms with van der Waals surface area (Å²) in [5.41, 5.74) is 1.02. The van der Waals surface area contributed by atoms with Gasteiger partial charge >= 0.3 is 0 Å². The first-order valence-electron chi connectivity index (χ1n) is 5.36. The number of hydrogen-bond acceptors (Lipinski definition) is 6. The van der Waals surface area contributed by atoms with Gasteiger partial charge in [0, 0.05) is 11.6 Å². The van der Waals surface area contributed by atoms with E-state index in [-0.39, 0.29) is 11.6 Å². The van der Waals surface area contributed by atoms with Gasteiger partial charge < -0.3 is 13.8 Å². The first kappa shape index (κ1) is 11.4. The Balaban J connectivity index is 1.99. The Morgan fingerprint density at radius 2 is 2.11 bits per heavy atom. The van der Waals surface area contributed by atoms with E-state index in [4.69, 9.17) is 13.8 Å². The largest absolute Gasteiger partial charge is 0.494 e. The lowest BCUT2D eigenvalue weighted by atomic mass is 10.2. The van der Waals surface area contributed by atoms with Crippen LogP contribution in [0.3, 0.4) is 0 Å². The summed E-state index contributed by atoms with van der Waals surface area (Å²) in [6.45, 7) is 0. The average molecular weight is 261 g/mol. The topological polar surface area (TPSA) is 74.2 Å². The fraction of sp³-hybridized carbons (Fsp3) is 0.0833. The van der Waals surface area contributed by atoms with Crippen molar-refractivity contribution in [2.75, 3.05) is 7.11 Å². The lowest BCUT2D eigenvalue weighted by molar-refractivity contribution is 0.386. The molecule has 0 fully saturated rings. The number of benzene rings is 1. The number of hydrogen-bond donors (Lipinski definition) is 0. The molecule has 0 spiro atoms. The molecule has 2 aromatic heterocycles. The van der Waals surface area contributed by atoms with Crippen LogP contribution in [0.2, 0.25) is 0 Å². The second-order valence-electron chi connectivity index (χ2n) is 3.66. The van der Waals surface area contributed by atoms with Crippen molar-refractivity contribution in [3.05, 3.63) is 36.3 Å². The second-order valence-corrected chi connectivity index (χ2v) is 3.66. The molecule has 96 valence electrons. The summed E-state index contributed by atoms with van der Waals surface area (Å²) >= 11 is 0. The van der Waals surface area contributed by atoms with Gasteiger partial charge in [0.05, 0.1) is 7.11 Å². The van der Waals surface area contributed by atoms with E-state index in [0.29, 0.717) is 17.1 Å². The summed E-state index contributed by atoms with van der Waals surface area (Å²) in [5.74, 6) is 0.199. The predicted molar refractivity (Wildman–Crippen MR) is 61.7 cm³/mol. The molecule has 2 heterocycles. The molecule has 1 aromatic carbocycles. The standard InChI is InChI=1S/C12H8FN3O3/c1-17-10-6-7(2-3-8(10)13)12-14-11(16-19-12)9-4-5-18-15-9/h2-6H,1H3. The first-order chi connectivity index (χ1) is 9.28. The van der Waals surface area contributed by atoms with E-state index < -0.39 is 5.82 Å². The molecular weight excluding hydrogens is 253 g/mol. The number of halogens is 1. The van der Waals surface area contributed by atoms with Crippen LogP contribution in [0.1, 0.15) is 0 Å². The Morgan fingerprint density at radius 3 is 2.84 bits per heavy atom. The Hall–Kier alpha value is -2.70. The van der Waals surface area contributed by atoms with Crippen LogP contribution in [0, 0.1) is 5.82 Å². The van der Waals surface area contributed by atoms with Crippen molar-refractivity contribution in [1.82, 2.24) is 15.3 Å². The minimum atomic E-state index is -0.456. The summed E-state index contributed by atoms with van der Waals surface area (Å²) < 4.78 is 28.0. The van der Waals surface area contributed by atoms with E-state index in [2.05, 4.69) is 15.3 Å². The van der Waals surface area contributed by atoms with Gasteiger partial charge in [-0.15, -0.1) is 0 Å². The van der Waals surface area contributed by atoms with Gasteiger partial charge in [-0.05, 0) is 18.2 Å². The molecular formula is C12H8FN3O3. The maximum atomic E-state index is 13.3. The van der Waals surface area contributed by atoms with Crippen LogP contribution in [-0.2, 0) is 0 Å². The van der Waals surface area contributed by atoms with Crippen molar-refractivity contribution in [3.63, 3.8) is 0 Å².